The standard InChI is InChI=1S/C25H21F3N2/c26-25(27,28)20-13-10-18(11-14-20)22(16-17-29-21-7-2-1-3-8-21)24-15-12-19-6-4-5-9-23(19)30-24/h1-15,22,29H,16-17H2/t22-/m1/s1. The van der Waals surface area contributed by atoms with Crippen molar-refractivity contribution in [1.29, 1.82) is 0 Å². The zero-order valence-corrected chi connectivity index (χ0v) is 16.2. The van der Waals surface area contributed by atoms with Crippen LogP contribution in [0.4, 0.5) is 18.9 Å². The highest BCUT2D eigenvalue weighted by molar-refractivity contribution is 5.78. The number of benzene rings is 3. The normalized spacial score (nSPS) is 12.6. The van der Waals surface area contributed by atoms with Crippen molar-refractivity contribution in [2.24, 2.45) is 0 Å². The van der Waals surface area contributed by atoms with Gasteiger partial charge in [0.2, 0.25) is 0 Å². The third kappa shape index (κ3) is 4.62. The molecular weight excluding hydrogens is 385 g/mol. The van der Waals surface area contributed by atoms with Crippen molar-refractivity contribution in [3.63, 3.8) is 0 Å². The molecule has 0 aliphatic carbocycles. The molecule has 0 aliphatic heterocycles. The lowest BCUT2D eigenvalue weighted by Crippen LogP contribution is -2.11. The first kappa shape index (κ1) is 20.0. The topological polar surface area (TPSA) is 24.9 Å². The zero-order chi connectivity index (χ0) is 21.0. The summed E-state index contributed by atoms with van der Waals surface area (Å²) in [6, 6.07) is 27.1. The maximum atomic E-state index is 13.0. The lowest BCUT2D eigenvalue weighted by atomic mass is 9.91. The van der Waals surface area contributed by atoms with Crippen LogP contribution in [0, 0.1) is 0 Å². The molecule has 1 N–H and O–H groups in total. The number of anilines is 1. The maximum Gasteiger partial charge on any atom is 0.416 e. The third-order valence-electron chi connectivity index (χ3n) is 5.15. The van der Waals surface area contributed by atoms with Crippen LogP contribution >= 0.6 is 0 Å². The van der Waals surface area contributed by atoms with Gasteiger partial charge in [-0.3, -0.25) is 4.98 Å². The number of fused-ring (bicyclic) bond motifs is 1. The monoisotopic (exact) mass is 406 g/mol. The van der Waals surface area contributed by atoms with Crippen LogP contribution in [-0.2, 0) is 6.18 Å². The number of pyridine rings is 1. The Morgan fingerprint density at radius 2 is 1.47 bits per heavy atom. The number of nitrogens with zero attached hydrogens (tertiary/aromatic N) is 1. The van der Waals surface area contributed by atoms with Gasteiger partial charge in [-0.25, -0.2) is 0 Å². The van der Waals surface area contributed by atoms with Crippen molar-refractivity contribution in [3.05, 3.63) is 108 Å². The van der Waals surface area contributed by atoms with Crippen molar-refractivity contribution in [2.45, 2.75) is 18.5 Å². The first-order chi connectivity index (χ1) is 14.5. The van der Waals surface area contributed by atoms with Gasteiger partial charge in [-0.05, 0) is 48.4 Å². The number of rotatable bonds is 6. The first-order valence-corrected chi connectivity index (χ1v) is 9.82. The minimum atomic E-state index is -4.34. The molecule has 0 bridgehead atoms. The predicted molar refractivity (Wildman–Crippen MR) is 115 cm³/mol. The Morgan fingerprint density at radius 1 is 0.767 bits per heavy atom. The van der Waals surface area contributed by atoms with Gasteiger partial charge in [-0.2, -0.15) is 13.2 Å². The third-order valence-corrected chi connectivity index (χ3v) is 5.15. The molecule has 0 saturated heterocycles. The Labute approximate surface area is 173 Å². The largest absolute Gasteiger partial charge is 0.416 e. The smallest absolute Gasteiger partial charge is 0.385 e. The van der Waals surface area contributed by atoms with Gasteiger partial charge in [0.25, 0.3) is 0 Å². The molecule has 0 radical (unpaired) electrons. The molecule has 2 nitrogen and oxygen atoms in total. The van der Waals surface area contributed by atoms with Crippen molar-refractivity contribution in [3.8, 4) is 0 Å². The number of aromatic nitrogens is 1. The molecule has 0 aliphatic rings. The van der Waals surface area contributed by atoms with Gasteiger partial charge in [-0.15, -0.1) is 0 Å². The van der Waals surface area contributed by atoms with Crippen LogP contribution in [-0.4, -0.2) is 11.5 Å². The zero-order valence-electron chi connectivity index (χ0n) is 16.2. The van der Waals surface area contributed by atoms with Gasteiger partial charge in [0.1, 0.15) is 0 Å². The van der Waals surface area contributed by atoms with E-state index in [0.29, 0.717) is 13.0 Å². The van der Waals surface area contributed by atoms with Crippen LogP contribution in [0.15, 0.2) is 91.0 Å². The molecule has 152 valence electrons. The van der Waals surface area contributed by atoms with Gasteiger partial charge in [0, 0.05) is 29.2 Å². The molecule has 0 spiro atoms. The van der Waals surface area contributed by atoms with Gasteiger partial charge in [-0.1, -0.05) is 54.6 Å². The van der Waals surface area contributed by atoms with Crippen LogP contribution in [0.1, 0.15) is 29.2 Å². The number of hydrogen-bond donors (Lipinski definition) is 1. The Bertz CT molecular complexity index is 1110. The molecule has 0 amide bonds. The molecule has 0 saturated carbocycles. The molecule has 0 fully saturated rings. The van der Waals surface area contributed by atoms with Gasteiger partial charge >= 0.3 is 6.18 Å². The van der Waals surface area contributed by atoms with Crippen LogP contribution in [0.5, 0.6) is 0 Å². The van der Waals surface area contributed by atoms with Gasteiger partial charge in [0.15, 0.2) is 0 Å². The highest BCUT2D eigenvalue weighted by Gasteiger charge is 2.30. The fraction of sp³-hybridized carbons (Fsp3) is 0.160. The Balaban J connectivity index is 1.62. The van der Waals surface area contributed by atoms with E-state index in [9.17, 15) is 13.2 Å². The minimum Gasteiger partial charge on any atom is -0.385 e. The first-order valence-electron chi connectivity index (χ1n) is 9.82. The van der Waals surface area contributed by atoms with Crippen LogP contribution in [0.25, 0.3) is 10.9 Å². The molecule has 1 heterocycles. The molecule has 3 aromatic carbocycles. The second kappa shape index (κ2) is 8.57. The fourth-order valence-corrected chi connectivity index (χ4v) is 3.58. The average Bonchev–Trinajstić information content (AvgIpc) is 2.77. The fourth-order valence-electron chi connectivity index (χ4n) is 3.58. The molecule has 0 unspecified atom stereocenters. The molecule has 1 atom stereocenters. The summed E-state index contributed by atoms with van der Waals surface area (Å²) in [5.41, 5.74) is 2.92. The SMILES string of the molecule is FC(F)(F)c1ccc([C@@H](CCNc2ccccc2)c2ccc3ccccc3n2)cc1. The highest BCUT2D eigenvalue weighted by Crippen LogP contribution is 2.33. The number of alkyl halides is 3. The van der Waals surface area contributed by atoms with E-state index in [1.54, 1.807) is 12.1 Å². The van der Waals surface area contributed by atoms with E-state index in [4.69, 9.17) is 4.98 Å². The van der Waals surface area contributed by atoms with Gasteiger partial charge in [0.05, 0.1) is 11.1 Å². The maximum absolute atomic E-state index is 13.0. The second-order valence-corrected chi connectivity index (χ2v) is 7.18. The van der Waals surface area contributed by atoms with E-state index in [-0.39, 0.29) is 5.92 Å². The van der Waals surface area contributed by atoms with Crippen molar-refractivity contribution in [1.82, 2.24) is 4.98 Å². The average molecular weight is 406 g/mol. The molecule has 1 aromatic heterocycles. The van der Waals surface area contributed by atoms with Crippen LogP contribution < -0.4 is 5.32 Å². The van der Waals surface area contributed by atoms with Crippen LogP contribution in [0.2, 0.25) is 0 Å². The highest BCUT2D eigenvalue weighted by atomic mass is 19.4. The molecule has 5 heteroatoms. The van der Waals surface area contributed by atoms with E-state index >= 15 is 0 Å². The molecular formula is C25H21F3N2. The molecule has 4 rings (SSSR count). The van der Waals surface area contributed by atoms with E-state index in [0.717, 1.165) is 40.0 Å². The van der Waals surface area contributed by atoms with Crippen molar-refractivity contribution >= 4 is 16.6 Å². The number of nitrogens with one attached hydrogen (secondary N) is 1. The van der Waals surface area contributed by atoms with E-state index in [1.807, 2.05) is 66.7 Å². The summed E-state index contributed by atoms with van der Waals surface area (Å²) in [4.78, 5) is 4.80. The van der Waals surface area contributed by atoms with Crippen LogP contribution in [0.3, 0.4) is 0 Å². The molecule has 30 heavy (non-hydrogen) atoms. The van der Waals surface area contributed by atoms with Crippen molar-refractivity contribution < 1.29 is 13.2 Å². The predicted octanol–water partition coefficient (Wildman–Crippen LogP) is 6.89. The summed E-state index contributed by atoms with van der Waals surface area (Å²) in [7, 11) is 0. The van der Waals surface area contributed by atoms with E-state index in [1.165, 1.54) is 0 Å². The quantitative estimate of drug-likeness (QED) is 0.377. The summed E-state index contributed by atoms with van der Waals surface area (Å²) >= 11 is 0. The Hall–Kier alpha value is -3.34. The summed E-state index contributed by atoms with van der Waals surface area (Å²) < 4.78 is 39.0. The number of para-hydroxylation sites is 2. The van der Waals surface area contributed by atoms with E-state index < -0.39 is 11.7 Å². The minimum absolute atomic E-state index is 0.117. The lowest BCUT2D eigenvalue weighted by Gasteiger charge is -2.19. The second-order valence-electron chi connectivity index (χ2n) is 7.18. The summed E-state index contributed by atoms with van der Waals surface area (Å²) in [5.74, 6) is -0.117. The molecule has 4 aromatic rings. The Morgan fingerprint density at radius 3 is 2.20 bits per heavy atom. The number of halogens is 3. The van der Waals surface area contributed by atoms with Gasteiger partial charge < -0.3 is 5.32 Å². The van der Waals surface area contributed by atoms with Crippen molar-refractivity contribution in [2.75, 3.05) is 11.9 Å². The number of hydrogen-bond acceptors (Lipinski definition) is 2. The summed E-state index contributed by atoms with van der Waals surface area (Å²) in [6.07, 6.45) is -3.64. The summed E-state index contributed by atoms with van der Waals surface area (Å²) in [5, 5.41) is 4.42. The Kier molecular flexibility index (Phi) is 5.70. The summed E-state index contributed by atoms with van der Waals surface area (Å²) in [6.45, 7) is 0.671. The lowest BCUT2D eigenvalue weighted by molar-refractivity contribution is -0.137. The van der Waals surface area contributed by atoms with E-state index in [2.05, 4.69) is 5.32 Å².